The monoisotopic (exact) mass is 288 g/mol. The molecule has 3 aromatic rings. The van der Waals surface area contributed by atoms with Crippen molar-refractivity contribution in [3.63, 3.8) is 0 Å². The third-order valence-electron chi connectivity index (χ3n) is 3.88. The first-order chi connectivity index (χ1) is 10.6. The molecular weight excluding hydrogens is 268 g/mol. The minimum atomic E-state index is 0.126. The van der Waals surface area contributed by atoms with Crippen LogP contribution in [0.4, 0.5) is 5.69 Å². The molecule has 1 aliphatic heterocycles. The van der Waals surface area contributed by atoms with E-state index in [-0.39, 0.29) is 5.41 Å². The minimum Gasteiger partial charge on any atom is -0.260 e. The number of para-hydroxylation sites is 1. The van der Waals surface area contributed by atoms with Gasteiger partial charge in [-0.3, -0.25) is 9.98 Å². The van der Waals surface area contributed by atoms with E-state index >= 15 is 0 Å². The van der Waals surface area contributed by atoms with Crippen molar-refractivity contribution in [2.45, 2.75) is 26.2 Å². The van der Waals surface area contributed by atoms with Gasteiger partial charge in [0.15, 0.2) is 0 Å². The quantitative estimate of drug-likeness (QED) is 0.556. The number of hydrogen-bond donors (Lipinski definition) is 0. The van der Waals surface area contributed by atoms with Crippen molar-refractivity contribution in [1.82, 2.24) is 4.98 Å². The third kappa shape index (κ3) is 2.91. The van der Waals surface area contributed by atoms with Gasteiger partial charge < -0.3 is 0 Å². The van der Waals surface area contributed by atoms with Gasteiger partial charge in [0.1, 0.15) is 0 Å². The molecule has 0 atom stereocenters. The molecule has 0 amide bonds. The molecule has 2 nitrogen and oxygen atoms in total. The van der Waals surface area contributed by atoms with E-state index in [2.05, 4.69) is 61.1 Å². The first kappa shape index (κ1) is 14.5. The summed E-state index contributed by atoms with van der Waals surface area (Å²) in [5.41, 5.74) is 4.98. The van der Waals surface area contributed by atoms with Gasteiger partial charge in [-0.05, 0) is 30.7 Å². The predicted molar refractivity (Wildman–Crippen MR) is 94.1 cm³/mol. The van der Waals surface area contributed by atoms with Gasteiger partial charge in [-0.15, -0.1) is 0 Å². The van der Waals surface area contributed by atoms with Crippen LogP contribution >= 0.6 is 0 Å². The molecule has 0 saturated heterocycles. The molecule has 110 valence electrons. The molecule has 2 heteroatoms. The molecule has 0 fully saturated rings. The van der Waals surface area contributed by atoms with Crippen LogP contribution in [0.1, 0.15) is 25.0 Å². The lowest BCUT2D eigenvalue weighted by Crippen LogP contribution is -2.14. The molecular formula is C20H20N2. The number of aryl methyl sites for hydroxylation is 1. The van der Waals surface area contributed by atoms with Gasteiger partial charge in [0.25, 0.3) is 0 Å². The Labute approximate surface area is 131 Å². The number of nitrogens with zero attached hydrogens (tertiary/aromatic N) is 2. The summed E-state index contributed by atoms with van der Waals surface area (Å²) in [5.74, 6) is 0. The molecule has 22 heavy (non-hydrogen) atoms. The highest BCUT2D eigenvalue weighted by molar-refractivity contribution is 5.84. The Morgan fingerprint density at radius 1 is 0.909 bits per heavy atom. The van der Waals surface area contributed by atoms with E-state index in [1.807, 2.05) is 36.7 Å². The number of pyridine rings is 1. The maximum absolute atomic E-state index is 4.37. The fraction of sp³-hybridized carbons (Fsp3) is 0.200. The van der Waals surface area contributed by atoms with Gasteiger partial charge in [-0.1, -0.05) is 55.8 Å². The van der Waals surface area contributed by atoms with E-state index in [4.69, 9.17) is 0 Å². The zero-order valence-corrected chi connectivity index (χ0v) is 13.2. The second-order valence-corrected chi connectivity index (χ2v) is 6.20. The lowest BCUT2D eigenvalue weighted by atomic mass is 9.86. The standard InChI is InChI=1S/C11H13N.C9H7N/c1-8-4-5-10-9(6-8)11(2,3)7-12-10;1-2-6-9-8(4-1)5-3-7-10-9/h4-7H,1-3H3;1-7H. The zero-order chi connectivity index (χ0) is 15.6. The fourth-order valence-corrected chi connectivity index (χ4v) is 2.60. The molecule has 0 bridgehead atoms. The van der Waals surface area contributed by atoms with Gasteiger partial charge in [0, 0.05) is 23.2 Å². The first-order valence-corrected chi connectivity index (χ1v) is 7.52. The van der Waals surface area contributed by atoms with Crippen LogP contribution in [-0.2, 0) is 5.41 Å². The van der Waals surface area contributed by atoms with Crippen LogP contribution in [0.2, 0.25) is 0 Å². The van der Waals surface area contributed by atoms with Crippen molar-refractivity contribution in [2.75, 3.05) is 0 Å². The average molecular weight is 288 g/mol. The van der Waals surface area contributed by atoms with Crippen LogP contribution in [0.25, 0.3) is 10.9 Å². The second kappa shape index (κ2) is 5.72. The van der Waals surface area contributed by atoms with Crippen LogP contribution in [0.15, 0.2) is 65.8 Å². The second-order valence-electron chi connectivity index (χ2n) is 6.20. The molecule has 0 spiro atoms. The lowest BCUT2D eigenvalue weighted by Gasteiger charge is -2.15. The van der Waals surface area contributed by atoms with Gasteiger partial charge >= 0.3 is 0 Å². The van der Waals surface area contributed by atoms with Crippen LogP contribution in [0.5, 0.6) is 0 Å². The largest absolute Gasteiger partial charge is 0.260 e. The van der Waals surface area contributed by atoms with Crippen LogP contribution < -0.4 is 0 Å². The van der Waals surface area contributed by atoms with E-state index in [0.29, 0.717) is 0 Å². The smallest absolute Gasteiger partial charge is 0.0701 e. The lowest BCUT2D eigenvalue weighted by molar-refractivity contribution is 0.752. The molecule has 0 aliphatic carbocycles. The minimum absolute atomic E-state index is 0.126. The molecule has 0 saturated carbocycles. The Balaban J connectivity index is 0.000000133. The van der Waals surface area contributed by atoms with Crippen LogP contribution in [0.3, 0.4) is 0 Å². The van der Waals surface area contributed by atoms with Crippen molar-refractivity contribution in [2.24, 2.45) is 4.99 Å². The zero-order valence-electron chi connectivity index (χ0n) is 13.2. The molecule has 4 rings (SSSR count). The molecule has 0 unspecified atom stereocenters. The number of hydrogen-bond acceptors (Lipinski definition) is 2. The Kier molecular flexibility index (Phi) is 3.76. The summed E-state index contributed by atoms with van der Waals surface area (Å²) >= 11 is 0. The Hall–Kier alpha value is -2.48. The maximum Gasteiger partial charge on any atom is 0.0701 e. The highest BCUT2D eigenvalue weighted by Gasteiger charge is 2.25. The summed E-state index contributed by atoms with van der Waals surface area (Å²) < 4.78 is 0. The summed E-state index contributed by atoms with van der Waals surface area (Å²) in [4.78, 5) is 8.55. The van der Waals surface area contributed by atoms with E-state index in [9.17, 15) is 0 Å². The number of fused-ring (bicyclic) bond motifs is 2. The van der Waals surface area contributed by atoms with Crippen molar-refractivity contribution in [3.05, 3.63) is 71.9 Å². The van der Waals surface area contributed by atoms with Gasteiger partial charge in [0.05, 0.1) is 11.2 Å². The van der Waals surface area contributed by atoms with E-state index in [1.54, 1.807) is 0 Å². The molecule has 0 N–H and O–H groups in total. The van der Waals surface area contributed by atoms with Gasteiger partial charge in [-0.2, -0.15) is 0 Å². The molecule has 2 aromatic carbocycles. The topological polar surface area (TPSA) is 25.2 Å². The van der Waals surface area contributed by atoms with Gasteiger partial charge in [0.2, 0.25) is 0 Å². The summed E-state index contributed by atoms with van der Waals surface area (Å²) in [6, 6.07) is 18.5. The molecule has 1 aliphatic rings. The summed E-state index contributed by atoms with van der Waals surface area (Å²) in [5, 5.41) is 1.20. The van der Waals surface area contributed by atoms with Crippen molar-refractivity contribution < 1.29 is 0 Å². The van der Waals surface area contributed by atoms with Crippen molar-refractivity contribution in [3.8, 4) is 0 Å². The highest BCUT2D eigenvalue weighted by atomic mass is 14.8. The Morgan fingerprint density at radius 3 is 2.50 bits per heavy atom. The van der Waals surface area contributed by atoms with Crippen LogP contribution in [-0.4, -0.2) is 11.2 Å². The summed E-state index contributed by atoms with van der Waals surface area (Å²) in [7, 11) is 0. The van der Waals surface area contributed by atoms with Crippen LogP contribution in [0, 0.1) is 6.92 Å². The normalized spacial score (nSPS) is 14.3. The maximum atomic E-state index is 4.37. The van der Waals surface area contributed by atoms with Crippen molar-refractivity contribution >= 4 is 22.8 Å². The molecule has 1 aromatic heterocycles. The van der Waals surface area contributed by atoms with Gasteiger partial charge in [-0.25, -0.2) is 0 Å². The Morgan fingerprint density at radius 2 is 1.68 bits per heavy atom. The summed E-state index contributed by atoms with van der Waals surface area (Å²) in [6.07, 6.45) is 3.83. The van der Waals surface area contributed by atoms with E-state index in [1.165, 1.54) is 16.5 Å². The summed E-state index contributed by atoms with van der Waals surface area (Å²) in [6.45, 7) is 6.51. The first-order valence-electron chi connectivity index (χ1n) is 7.52. The molecule has 2 heterocycles. The van der Waals surface area contributed by atoms with Crippen molar-refractivity contribution in [1.29, 1.82) is 0 Å². The number of rotatable bonds is 0. The number of benzene rings is 2. The van der Waals surface area contributed by atoms with E-state index in [0.717, 1.165) is 11.2 Å². The average Bonchev–Trinajstić information content (AvgIpc) is 2.83. The Bertz CT molecular complexity index is 766. The number of aromatic nitrogens is 1. The third-order valence-corrected chi connectivity index (χ3v) is 3.88. The fourth-order valence-electron chi connectivity index (χ4n) is 2.60. The highest BCUT2D eigenvalue weighted by Crippen LogP contribution is 2.36. The SMILES string of the molecule is Cc1ccc2c(c1)C(C)(C)C=N2.c1ccc2ncccc2c1. The van der Waals surface area contributed by atoms with E-state index < -0.39 is 0 Å². The molecule has 0 radical (unpaired) electrons. The number of aliphatic imine (C=N–C) groups is 1. The predicted octanol–water partition coefficient (Wildman–Crippen LogP) is 5.22.